The number of aromatic nitrogens is 4. The van der Waals surface area contributed by atoms with Crippen LogP contribution in [-0.2, 0) is 0 Å². The molecule has 1 amide bonds. The SMILES string of the molecule is Cc1cc(Nc2ccc(N3CCN(C(=O)c4ccccc4F)CC3)cc2)n2nc(-c3ccccc3)nc2n1. The zero-order valence-corrected chi connectivity index (χ0v) is 20.9. The van der Waals surface area contributed by atoms with E-state index in [1.807, 2.05) is 55.5 Å². The van der Waals surface area contributed by atoms with Gasteiger partial charge in [0.1, 0.15) is 11.6 Å². The molecule has 8 nitrogen and oxygen atoms in total. The fourth-order valence-electron chi connectivity index (χ4n) is 4.66. The highest BCUT2D eigenvalue weighted by Gasteiger charge is 2.24. The van der Waals surface area contributed by atoms with Crippen LogP contribution >= 0.6 is 0 Å². The fourth-order valence-corrected chi connectivity index (χ4v) is 4.66. The number of hydrogen-bond donors (Lipinski definition) is 1. The molecule has 3 heterocycles. The van der Waals surface area contributed by atoms with Crippen molar-refractivity contribution >= 4 is 28.9 Å². The van der Waals surface area contributed by atoms with Crippen LogP contribution in [0, 0.1) is 12.7 Å². The van der Waals surface area contributed by atoms with E-state index in [9.17, 15) is 9.18 Å². The van der Waals surface area contributed by atoms with Crippen LogP contribution in [0.1, 0.15) is 16.1 Å². The predicted molar refractivity (Wildman–Crippen MR) is 145 cm³/mol. The molecule has 5 aromatic rings. The van der Waals surface area contributed by atoms with E-state index in [4.69, 9.17) is 0 Å². The number of carbonyl (C=O) groups excluding carboxylic acids is 1. The maximum absolute atomic E-state index is 14.0. The van der Waals surface area contributed by atoms with E-state index in [1.54, 1.807) is 21.5 Å². The van der Waals surface area contributed by atoms with E-state index < -0.39 is 5.82 Å². The van der Waals surface area contributed by atoms with Gasteiger partial charge in [0.15, 0.2) is 5.82 Å². The highest BCUT2D eigenvalue weighted by molar-refractivity contribution is 5.94. The highest BCUT2D eigenvalue weighted by Crippen LogP contribution is 2.24. The molecule has 2 aromatic heterocycles. The second-order valence-corrected chi connectivity index (χ2v) is 9.23. The smallest absolute Gasteiger partial charge is 0.256 e. The van der Waals surface area contributed by atoms with Gasteiger partial charge in [-0.15, -0.1) is 5.10 Å². The van der Waals surface area contributed by atoms with Gasteiger partial charge in [0, 0.05) is 54.9 Å². The lowest BCUT2D eigenvalue weighted by Gasteiger charge is -2.36. The molecule has 0 unspecified atom stereocenters. The summed E-state index contributed by atoms with van der Waals surface area (Å²) in [4.78, 5) is 25.8. The van der Waals surface area contributed by atoms with Crippen LogP contribution in [0.2, 0.25) is 0 Å². The van der Waals surface area contributed by atoms with E-state index >= 15 is 0 Å². The third kappa shape index (κ3) is 4.66. The molecule has 0 aliphatic carbocycles. The standard InChI is InChI=1S/C29H26FN7O/c1-20-19-26(37-29(31-20)33-27(34-37)21-7-3-2-4-8-21)32-22-11-13-23(14-12-22)35-15-17-36(18-16-35)28(38)24-9-5-6-10-25(24)30/h2-14,19,32H,15-18H2,1H3. The number of fused-ring (bicyclic) bond motifs is 1. The van der Waals surface area contributed by atoms with Crippen LogP contribution in [0.5, 0.6) is 0 Å². The highest BCUT2D eigenvalue weighted by atomic mass is 19.1. The Morgan fingerprint density at radius 2 is 1.58 bits per heavy atom. The third-order valence-corrected chi connectivity index (χ3v) is 6.65. The minimum atomic E-state index is -0.480. The van der Waals surface area contributed by atoms with Gasteiger partial charge < -0.3 is 15.1 Å². The van der Waals surface area contributed by atoms with E-state index in [0.29, 0.717) is 37.8 Å². The van der Waals surface area contributed by atoms with Crippen molar-refractivity contribution in [1.82, 2.24) is 24.5 Å². The van der Waals surface area contributed by atoms with Crippen LogP contribution in [-0.4, -0.2) is 56.6 Å². The fraction of sp³-hybridized carbons (Fsp3) is 0.172. The number of carbonyl (C=O) groups is 1. The van der Waals surface area contributed by atoms with Gasteiger partial charge in [0.25, 0.3) is 11.7 Å². The number of amides is 1. The minimum absolute atomic E-state index is 0.125. The average Bonchev–Trinajstić information content (AvgIpc) is 3.38. The maximum atomic E-state index is 14.0. The number of aryl methyl sites for hydroxylation is 1. The molecule has 0 atom stereocenters. The molecule has 0 saturated carbocycles. The van der Waals surface area contributed by atoms with Gasteiger partial charge in [0.2, 0.25) is 0 Å². The van der Waals surface area contributed by atoms with E-state index in [2.05, 4.69) is 37.4 Å². The minimum Gasteiger partial charge on any atom is -0.368 e. The molecule has 6 rings (SSSR count). The Bertz CT molecular complexity index is 1590. The van der Waals surface area contributed by atoms with E-state index in [1.165, 1.54) is 12.1 Å². The molecular formula is C29H26FN7O. The Labute approximate surface area is 219 Å². The van der Waals surface area contributed by atoms with Crippen molar-refractivity contribution in [3.05, 3.63) is 102 Å². The maximum Gasteiger partial charge on any atom is 0.256 e. The summed E-state index contributed by atoms with van der Waals surface area (Å²) < 4.78 is 15.8. The zero-order chi connectivity index (χ0) is 26.1. The van der Waals surface area contributed by atoms with Crippen molar-refractivity contribution in [3.8, 4) is 11.4 Å². The van der Waals surface area contributed by atoms with E-state index in [-0.39, 0.29) is 11.5 Å². The summed E-state index contributed by atoms with van der Waals surface area (Å²) in [5.74, 6) is 1.19. The molecule has 9 heteroatoms. The Morgan fingerprint density at radius 3 is 2.32 bits per heavy atom. The van der Waals surface area contributed by atoms with Gasteiger partial charge >= 0.3 is 0 Å². The number of halogens is 1. The molecule has 38 heavy (non-hydrogen) atoms. The summed E-state index contributed by atoms with van der Waals surface area (Å²) in [6.07, 6.45) is 0. The molecule has 1 saturated heterocycles. The number of benzene rings is 3. The molecule has 3 aromatic carbocycles. The largest absolute Gasteiger partial charge is 0.368 e. The van der Waals surface area contributed by atoms with Gasteiger partial charge in [-0.1, -0.05) is 42.5 Å². The number of anilines is 3. The summed E-state index contributed by atoms with van der Waals surface area (Å²) in [5, 5.41) is 8.12. The molecule has 1 aliphatic heterocycles. The number of nitrogens with zero attached hydrogens (tertiary/aromatic N) is 6. The molecular weight excluding hydrogens is 481 g/mol. The summed E-state index contributed by atoms with van der Waals surface area (Å²) >= 11 is 0. The molecule has 1 N–H and O–H groups in total. The van der Waals surface area contributed by atoms with Crippen molar-refractivity contribution in [1.29, 1.82) is 0 Å². The third-order valence-electron chi connectivity index (χ3n) is 6.65. The molecule has 0 radical (unpaired) electrons. The van der Waals surface area contributed by atoms with Crippen molar-refractivity contribution in [3.63, 3.8) is 0 Å². The van der Waals surface area contributed by atoms with E-state index in [0.717, 1.165) is 28.5 Å². The Hall–Kier alpha value is -4.79. The first kappa shape index (κ1) is 23.6. The first-order chi connectivity index (χ1) is 18.5. The molecule has 1 fully saturated rings. The lowest BCUT2D eigenvalue weighted by Crippen LogP contribution is -2.49. The van der Waals surface area contributed by atoms with Gasteiger partial charge in [-0.2, -0.15) is 9.50 Å². The number of piperazine rings is 1. The summed E-state index contributed by atoms with van der Waals surface area (Å²) in [6.45, 7) is 4.37. The molecule has 0 bridgehead atoms. The topological polar surface area (TPSA) is 78.7 Å². The normalized spacial score (nSPS) is 13.6. The second kappa shape index (κ2) is 9.93. The number of nitrogens with one attached hydrogen (secondary N) is 1. The molecule has 1 aliphatic rings. The summed E-state index contributed by atoms with van der Waals surface area (Å²) in [6, 6.07) is 26.1. The Kier molecular flexibility index (Phi) is 6.17. The monoisotopic (exact) mass is 507 g/mol. The van der Waals surface area contributed by atoms with Gasteiger partial charge in [-0.05, 0) is 43.3 Å². The summed E-state index contributed by atoms with van der Waals surface area (Å²) in [7, 11) is 0. The number of hydrogen-bond acceptors (Lipinski definition) is 6. The zero-order valence-electron chi connectivity index (χ0n) is 20.9. The average molecular weight is 508 g/mol. The van der Waals surface area contributed by atoms with Crippen molar-refractivity contribution in [2.24, 2.45) is 0 Å². The predicted octanol–water partition coefficient (Wildman–Crippen LogP) is 4.94. The Morgan fingerprint density at radius 1 is 0.868 bits per heavy atom. The van der Waals surface area contributed by atoms with Crippen LogP contribution in [0.3, 0.4) is 0 Å². The lowest BCUT2D eigenvalue weighted by atomic mass is 10.1. The lowest BCUT2D eigenvalue weighted by molar-refractivity contribution is 0.0742. The van der Waals surface area contributed by atoms with Crippen LogP contribution in [0.25, 0.3) is 17.2 Å². The first-order valence-electron chi connectivity index (χ1n) is 12.5. The van der Waals surface area contributed by atoms with Crippen LogP contribution < -0.4 is 10.2 Å². The molecule has 190 valence electrons. The second-order valence-electron chi connectivity index (χ2n) is 9.23. The van der Waals surface area contributed by atoms with Crippen molar-refractivity contribution in [2.45, 2.75) is 6.92 Å². The molecule has 0 spiro atoms. The summed E-state index contributed by atoms with van der Waals surface area (Å²) in [5.41, 5.74) is 3.87. The number of rotatable bonds is 5. The Balaban J connectivity index is 1.15. The van der Waals surface area contributed by atoms with Gasteiger partial charge in [-0.25, -0.2) is 9.37 Å². The van der Waals surface area contributed by atoms with Crippen LogP contribution in [0.15, 0.2) is 84.9 Å². The van der Waals surface area contributed by atoms with Gasteiger partial charge in [0.05, 0.1) is 5.56 Å². The quantitative estimate of drug-likeness (QED) is 0.363. The first-order valence-corrected chi connectivity index (χ1v) is 12.5. The van der Waals surface area contributed by atoms with Crippen molar-refractivity contribution in [2.75, 3.05) is 36.4 Å². The van der Waals surface area contributed by atoms with Gasteiger partial charge in [-0.3, -0.25) is 4.79 Å². The van der Waals surface area contributed by atoms with Crippen molar-refractivity contribution < 1.29 is 9.18 Å². The van der Waals surface area contributed by atoms with Crippen LogP contribution in [0.4, 0.5) is 21.6 Å².